The molecule has 0 radical (unpaired) electrons. The summed E-state index contributed by atoms with van der Waals surface area (Å²) >= 11 is 0. The van der Waals surface area contributed by atoms with Gasteiger partial charge in [-0.15, -0.1) is 0 Å². The molecule has 1 nitrogen and oxygen atoms in total. The van der Waals surface area contributed by atoms with Crippen LogP contribution in [0.4, 0.5) is 0 Å². The van der Waals surface area contributed by atoms with E-state index < -0.39 is 0 Å². The number of hydrogen-bond donors (Lipinski definition) is 1. The van der Waals surface area contributed by atoms with Gasteiger partial charge < -0.3 is 5.11 Å². The Hall–Kier alpha value is -0.300. The molecule has 5 aliphatic carbocycles. The minimum absolute atomic E-state index is 0.0356. The van der Waals surface area contributed by atoms with E-state index in [1.165, 1.54) is 69.8 Å². The number of rotatable bonds is 5. The van der Waals surface area contributed by atoms with Crippen molar-refractivity contribution in [3.63, 3.8) is 0 Å². The van der Waals surface area contributed by atoms with Crippen molar-refractivity contribution in [2.75, 3.05) is 0 Å². The van der Waals surface area contributed by atoms with Gasteiger partial charge in [0.2, 0.25) is 0 Å². The summed E-state index contributed by atoms with van der Waals surface area (Å²) in [5.74, 6) is 4.63. The molecule has 10 atom stereocenters. The molecule has 5 aliphatic rings. The molecular weight excluding hydrogens is 376 g/mol. The van der Waals surface area contributed by atoms with Gasteiger partial charge in [0.1, 0.15) is 0 Å². The quantitative estimate of drug-likeness (QED) is 0.441. The van der Waals surface area contributed by atoms with Crippen LogP contribution in [0.25, 0.3) is 0 Å². The van der Waals surface area contributed by atoms with E-state index in [-0.39, 0.29) is 6.10 Å². The predicted molar refractivity (Wildman–Crippen MR) is 131 cm³/mol. The van der Waals surface area contributed by atoms with E-state index >= 15 is 0 Å². The second-order valence-corrected chi connectivity index (χ2v) is 14.0. The Kier molecular flexibility index (Phi) is 5.15. The highest BCUT2D eigenvalue weighted by Gasteiger charge is 2.81. The summed E-state index contributed by atoms with van der Waals surface area (Å²) in [4.78, 5) is 0. The molecule has 0 aliphatic heterocycles. The van der Waals surface area contributed by atoms with Crippen LogP contribution >= 0.6 is 0 Å². The SMILES string of the molecule is C=C(CC[C@@H](C)C1CC[C@@]2(C)C3CCC4[C@H](C)[C@@H](O)CCC45CC35CC[C@]12C)C(C)C. The standard InChI is InChI=1S/C30H50O/c1-19(2)20(3)8-9-21(4)23-12-14-28(7)26-11-10-24-22(5)25(31)13-15-29(24)18-30(26,29)17-16-27(23,28)6/h19,21-26,31H,3,8-18H2,1-2,4-7H3/t21-,22+,23?,24?,25+,26?,27-,28+,29?,30?/m1/s1. The fourth-order valence-corrected chi connectivity index (χ4v) is 10.9. The molecule has 1 N–H and O–H groups in total. The van der Waals surface area contributed by atoms with E-state index in [1.807, 2.05) is 0 Å². The Morgan fingerprint density at radius 3 is 2.39 bits per heavy atom. The summed E-state index contributed by atoms with van der Waals surface area (Å²) in [7, 11) is 0. The van der Waals surface area contributed by atoms with Crippen molar-refractivity contribution in [2.45, 2.75) is 118 Å². The van der Waals surface area contributed by atoms with Gasteiger partial charge in [-0.2, -0.15) is 0 Å². The van der Waals surface area contributed by atoms with Crippen molar-refractivity contribution in [2.24, 2.45) is 57.2 Å². The van der Waals surface area contributed by atoms with Crippen LogP contribution in [0.2, 0.25) is 0 Å². The van der Waals surface area contributed by atoms with Gasteiger partial charge in [0, 0.05) is 0 Å². The first-order chi connectivity index (χ1) is 14.5. The van der Waals surface area contributed by atoms with Gasteiger partial charge in [-0.3, -0.25) is 0 Å². The van der Waals surface area contributed by atoms with Crippen molar-refractivity contribution in [1.29, 1.82) is 0 Å². The number of fused-ring (bicyclic) bond motifs is 2. The molecule has 5 unspecified atom stereocenters. The largest absolute Gasteiger partial charge is 0.393 e. The monoisotopic (exact) mass is 426 g/mol. The van der Waals surface area contributed by atoms with Gasteiger partial charge in [-0.25, -0.2) is 0 Å². The van der Waals surface area contributed by atoms with Crippen molar-refractivity contribution >= 4 is 0 Å². The third kappa shape index (κ3) is 2.77. The van der Waals surface area contributed by atoms with Gasteiger partial charge in [-0.05, 0) is 128 Å². The molecule has 0 amide bonds. The Morgan fingerprint density at radius 2 is 1.68 bits per heavy atom. The van der Waals surface area contributed by atoms with Crippen molar-refractivity contribution < 1.29 is 5.11 Å². The molecule has 0 bridgehead atoms. The highest BCUT2D eigenvalue weighted by Crippen LogP contribution is 2.88. The van der Waals surface area contributed by atoms with Gasteiger partial charge in [0.15, 0.2) is 0 Å². The van der Waals surface area contributed by atoms with Crippen molar-refractivity contribution in [3.8, 4) is 0 Å². The van der Waals surface area contributed by atoms with Crippen LogP contribution in [0.15, 0.2) is 12.2 Å². The molecule has 0 saturated heterocycles. The highest BCUT2D eigenvalue weighted by atomic mass is 16.3. The van der Waals surface area contributed by atoms with Gasteiger partial charge in [-0.1, -0.05) is 53.7 Å². The first-order valence-electron chi connectivity index (χ1n) is 13.9. The number of allylic oxidation sites excluding steroid dienone is 1. The molecule has 176 valence electrons. The fourth-order valence-electron chi connectivity index (χ4n) is 10.9. The van der Waals surface area contributed by atoms with Crippen molar-refractivity contribution in [1.82, 2.24) is 0 Å². The Morgan fingerprint density at radius 1 is 0.935 bits per heavy atom. The first-order valence-corrected chi connectivity index (χ1v) is 13.9. The lowest BCUT2D eigenvalue weighted by Crippen LogP contribution is -2.55. The molecule has 5 fully saturated rings. The first kappa shape index (κ1) is 22.5. The summed E-state index contributed by atoms with van der Waals surface area (Å²) < 4.78 is 0. The lowest BCUT2D eigenvalue weighted by Gasteiger charge is -2.62. The van der Waals surface area contributed by atoms with E-state index in [2.05, 4.69) is 48.1 Å². The minimum Gasteiger partial charge on any atom is -0.393 e. The van der Waals surface area contributed by atoms with E-state index in [0.29, 0.717) is 33.5 Å². The van der Waals surface area contributed by atoms with E-state index in [4.69, 9.17) is 0 Å². The maximum Gasteiger partial charge on any atom is 0.0568 e. The van der Waals surface area contributed by atoms with Gasteiger partial charge in [0.25, 0.3) is 0 Å². The zero-order valence-electron chi connectivity index (χ0n) is 21.5. The average molecular weight is 427 g/mol. The van der Waals surface area contributed by atoms with Crippen LogP contribution in [0.3, 0.4) is 0 Å². The number of aliphatic hydroxyl groups excluding tert-OH is 1. The predicted octanol–water partition coefficient (Wildman–Crippen LogP) is 8.02. The maximum atomic E-state index is 10.6. The molecule has 0 aromatic carbocycles. The molecule has 1 heteroatoms. The van der Waals surface area contributed by atoms with Crippen LogP contribution in [0.5, 0.6) is 0 Å². The van der Waals surface area contributed by atoms with Gasteiger partial charge >= 0.3 is 0 Å². The van der Waals surface area contributed by atoms with Crippen LogP contribution in [-0.2, 0) is 0 Å². The molecule has 2 spiro atoms. The normalized spacial score (nSPS) is 53.9. The topological polar surface area (TPSA) is 20.2 Å². The smallest absolute Gasteiger partial charge is 0.0568 e. The van der Waals surface area contributed by atoms with Crippen LogP contribution in [0.1, 0.15) is 112 Å². The van der Waals surface area contributed by atoms with Crippen molar-refractivity contribution in [3.05, 3.63) is 12.2 Å². The van der Waals surface area contributed by atoms with Crippen LogP contribution in [-0.4, -0.2) is 11.2 Å². The molecule has 0 aromatic heterocycles. The Labute approximate surface area is 192 Å². The highest BCUT2D eigenvalue weighted by molar-refractivity contribution is 5.29. The fraction of sp³-hybridized carbons (Fsp3) is 0.933. The minimum atomic E-state index is -0.0356. The summed E-state index contributed by atoms with van der Waals surface area (Å²) in [6.45, 7) is 19.4. The Bertz CT molecular complexity index is 739. The van der Waals surface area contributed by atoms with Crippen LogP contribution < -0.4 is 0 Å². The van der Waals surface area contributed by atoms with E-state index in [9.17, 15) is 5.11 Å². The second kappa shape index (κ2) is 7.10. The Balaban J connectivity index is 1.37. The zero-order valence-corrected chi connectivity index (χ0v) is 21.5. The van der Waals surface area contributed by atoms with E-state index in [0.717, 1.165) is 30.1 Å². The molecule has 5 saturated carbocycles. The summed E-state index contributed by atoms with van der Waals surface area (Å²) in [6.07, 6.45) is 15.1. The molecular formula is C30H50O. The summed E-state index contributed by atoms with van der Waals surface area (Å²) in [6, 6.07) is 0. The summed E-state index contributed by atoms with van der Waals surface area (Å²) in [5, 5.41) is 10.6. The second-order valence-electron chi connectivity index (χ2n) is 14.0. The lowest BCUT2D eigenvalue weighted by molar-refractivity contribution is -0.142. The molecule has 0 aromatic rings. The molecule has 0 heterocycles. The number of aliphatic hydroxyl groups is 1. The van der Waals surface area contributed by atoms with Crippen LogP contribution in [0, 0.1) is 57.2 Å². The number of hydrogen-bond acceptors (Lipinski definition) is 1. The third-order valence-corrected chi connectivity index (χ3v) is 13.1. The van der Waals surface area contributed by atoms with Gasteiger partial charge in [0.05, 0.1) is 6.10 Å². The lowest BCUT2D eigenvalue weighted by atomic mass is 9.43. The summed E-state index contributed by atoms with van der Waals surface area (Å²) in [5.41, 5.74) is 3.76. The zero-order chi connectivity index (χ0) is 22.4. The maximum absolute atomic E-state index is 10.6. The molecule has 31 heavy (non-hydrogen) atoms. The van der Waals surface area contributed by atoms with E-state index in [1.54, 1.807) is 0 Å². The average Bonchev–Trinajstić information content (AvgIpc) is 3.31. The third-order valence-electron chi connectivity index (χ3n) is 13.1. The molecule has 5 rings (SSSR count).